The number of rotatable bonds is 3. The van der Waals surface area contributed by atoms with Gasteiger partial charge in [0, 0.05) is 17.6 Å². The Bertz CT molecular complexity index is 449. The van der Waals surface area contributed by atoms with Crippen molar-refractivity contribution in [2.75, 3.05) is 0 Å². The summed E-state index contributed by atoms with van der Waals surface area (Å²) in [5.41, 5.74) is 0.466. The first-order chi connectivity index (χ1) is 8.87. The summed E-state index contributed by atoms with van der Waals surface area (Å²) in [6.07, 6.45) is 3.31. The molecule has 1 heterocycles. The molecule has 0 atom stereocenters. The molecule has 2 rings (SSSR count). The highest BCUT2D eigenvalue weighted by Gasteiger charge is 2.33. The first-order valence-electron chi connectivity index (χ1n) is 6.33. The van der Waals surface area contributed by atoms with E-state index in [9.17, 15) is 4.79 Å². The summed E-state index contributed by atoms with van der Waals surface area (Å²) in [7, 11) is 0. The molecule has 0 saturated heterocycles. The molecule has 1 saturated carbocycles. The summed E-state index contributed by atoms with van der Waals surface area (Å²) in [5, 5.41) is 11.7. The number of carbonyl (C=O) groups is 1. The highest BCUT2D eigenvalue weighted by molar-refractivity contribution is 9.08. The molecule has 0 radical (unpaired) electrons. The Kier molecular flexibility index (Phi) is 4.13. The Labute approximate surface area is 121 Å². The van der Waals surface area contributed by atoms with E-state index in [1.165, 1.54) is 0 Å². The second-order valence-corrected chi connectivity index (χ2v) is 6.35. The van der Waals surface area contributed by atoms with Gasteiger partial charge in [-0.25, -0.2) is 9.48 Å². The SMILES string of the molecule is CC(C)(C)OC(=O)NC1CC(n2cc(CBr)nn2)C1. The van der Waals surface area contributed by atoms with Crippen LogP contribution in [0.5, 0.6) is 0 Å². The molecular weight excluding hydrogens is 312 g/mol. The van der Waals surface area contributed by atoms with E-state index in [0.717, 1.165) is 18.5 Å². The zero-order valence-electron chi connectivity index (χ0n) is 11.4. The molecule has 0 spiro atoms. The molecule has 19 heavy (non-hydrogen) atoms. The van der Waals surface area contributed by atoms with Crippen LogP contribution < -0.4 is 5.32 Å². The van der Waals surface area contributed by atoms with Gasteiger partial charge in [-0.2, -0.15) is 0 Å². The van der Waals surface area contributed by atoms with Gasteiger partial charge >= 0.3 is 6.09 Å². The van der Waals surface area contributed by atoms with Gasteiger partial charge in [-0.05, 0) is 33.6 Å². The molecule has 1 aliphatic rings. The summed E-state index contributed by atoms with van der Waals surface area (Å²) in [6, 6.07) is 0.483. The van der Waals surface area contributed by atoms with Crippen LogP contribution in [0.3, 0.4) is 0 Å². The fourth-order valence-electron chi connectivity index (χ4n) is 1.95. The average Bonchev–Trinajstić information content (AvgIpc) is 2.68. The van der Waals surface area contributed by atoms with Crippen molar-refractivity contribution < 1.29 is 9.53 Å². The summed E-state index contributed by atoms with van der Waals surface area (Å²) in [5.74, 6) is 0. The van der Waals surface area contributed by atoms with Crippen LogP contribution in [0.1, 0.15) is 45.3 Å². The second-order valence-electron chi connectivity index (χ2n) is 5.79. The predicted molar refractivity (Wildman–Crippen MR) is 74.1 cm³/mol. The zero-order chi connectivity index (χ0) is 14.0. The number of alkyl carbamates (subject to hydrolysis) is 1. The fourth-order valence-corrected chi connectivity index (χ4v) is 2.21. The van der Waals surface area contributed by atoms with Crippen molar-refractivity contribution in [1.82, 2.24) is 20.3 Å². The number of hydrogen-bond donors (Lipinski definition) is 1. The fraction of sp³-hybridized carbons (Fsp3) is 0.750. The second kappa shape index (κ2) is 5.48. The van der Waals surface area contributed by atoms with Crippen molar-refractivity contribution in [3.8, 4) is 0 Å². The lowest BCUT2D eigenvalue weighted by Gasteiger charge is -2.35. The van der Waals surface area contributed by atoms with Crippen molar-refractivity contribution in [3.63, 3.8) is 0 Å². The predicted octanol–water partition coefficient (Wildman–Crippen LogP) is 2.40. The van der Waals surface area contributed by atoms with Gasteiger partial charge in [0.05, 0.1) is 11.7 Å². The van der Waals surface area contributed by atoms with Crippen LogP contribution in [0.4, 0.5) is 4.79 Å². The van der Waals surface area contributed by atoms with E-state index >= 15 is 0 Å². The van der Waals surface area contributed by atoms with Crippen LogP contribution in [0.2, 0.25) is 0 Å². The van der Waals surface area contributed by atoms with Gasteiger partial charge in [0.2, 0.25) is 0 Å². The standard InChI is InChI=1S/C12H19BrN4O2/c1-12(2,3)19-11(18)14-8-4-10(5-8)17-7-9(6-13)15-16-17/h7-8,10H,4-6H2,1-3H3,(H,14,18). The summed E-state index contributed by atoms with van der Waals surface area (Å²) in [4.78, 5) is 11.6. The number of carbonyl (C=O) groups excluding carboxylic acids is 1. The number of halogens is 1. The molecular formula is C12H19BrN4O2. The number of alkyl halides is 1. The van der Waals surface area contributed by atoms with E-state index < -0.39 is 5.60 Å². The minimum atomic E-state index is -0.454. The largest absolute Gasteiger partial charge is 0.444 e. The zero-order valence-corrected chi connectivity index (χ0v) is 13.0. The molecule has 1 fully saturated rings. The lowest BCUT2D eigenvalue weighted by molar-refractivity contribution is 0.0452. The van der Waals surface area contributed by atoms with Crippen molar-refractivity contribution in [2.24, 2.45) is 0 Å². The number of amides is 1. The van der Waals surface area contributed by atoms with Crippen molar-refractivity contribution in [1.29, 1.82) is 0 Å². The molecule has 1 aromatic heterocycles. The molecule has 1 aliphatic carbocycles. The number of hydrogen-bond acceptors (Lipinski definition) is 4. The van der Waals surface area contributed by atoms with Crippen LogP contribution in [0.25, 0.3) is 0 Å². The third-order valence-corrected chi connectivity index (χ3v) is 3.48. The van der Waals surface area contributed by atoms with Gasteiger partial charge in [0.15, 0.2) is 0 Å². The molecule has 7 heteroatoms. The van der Waals surface area contributed by atoms with Gasteiger partial charge in [-0.15, -0.1) is 5.10 Å². The number of aromatic nitrogens is 3. The minimum Gasteiger partial charge on any atom is -0.444 e. The van der Waals surface area contributed by atoms with E-state index in [2.05, 4.69) is 31.6 Å². The smallest absolute Gasteiger partial charge is 0.407 e. The normalized spacial score (nSPS) is 22.7. The summed E-state index contributed by atoms with van der Waals surface area (Å²) < 4.78 is 7.08. The molecule has 106 valence electrons. The highest BCUT2D eigenvalue weighted by Crippen LogP contribution is 2.31. The van der Waals surface area contributed by atoms with Gasteiger partial charge < -0.3 is 10.1 Å². The number of nitrogens with zero attached hydrogens (tertiary/aromatic N) is 3. The number of nitrogens with one attached hydrogen (secondary N) is 1. The van der Waals surface area contributed by atoms with E-state index in [-0.39, 0.29) is 12.1 Å². The molecule has 0 unspecified atom stereocenters. The summed E-state index contributed by atoms with van der Waals surface area (Å²) >= 11 is 3.34. The third kappa shape index (κ3) is 3.92. The lowest BCUT2D eigenvalue weighted by atomic mass is 9.87. The Morgan fingerprint density at radius 1 is 1.58 bits per heavy atom. The molecule has 1 amide bonds. The van der Waals surface area contributed by atoms with Crippen LogP contribution in [0.15, 0.2) is 6.20 Å². The Hall–Kier alpha value is -1.11. The van der Waals surface area contributed by atoms with E-state index in [1.807, 2.05) is 31.6 Å². The maximum atomic E-state index is 11.6. The average molecular weight is 331 g/mol. The molecule has 0 aliphatic heterocycles. The first-order valence-corrected chi connectivity index (χ1v) is 7.46. The highest BCUT2D eigenvalue weighted by atomic mass is 79.9. The Morgan fingerprint density at radius 3 is 2.79 bits per heavy atom. The quantitative estimate of drug-likeness (QED) is 0.864. The van der Waals surface area contributed by atoms with Crippen molar-refractivity contribution in [3.05, 3.63) is 11.9 Å². The first kappa shape index (κ1) is 14.3. The van der Waals surface area contributed by atoms with Crippen LogP contribution in [0, 0.1) is 0 Å². The minimum absolute atomic E-state index is 0.163. The van der Waals surface area contributed by atoms with Crippen LogP contribution in [-0.2, 0) is 10.1 Å². The van der Waals surface area contributed by atoms with Crippen LogP contribution in [-0.4, -0.2) is 32.7 Å². The topological polar surface area (TPSA) is 69.0 Å². The maximum Gasteiger partial charge on any atom is 0.407 e. The van der Waals surface area contributed by atoms with Crippen molar-refractivity contribution in [2.45, 2.75) is 56.6 Å². The van der Waals surface area contributed by atoms with Gasteiger partial charge in [0.25, 0.3) is 0 Å². The van der Waals surface area contributed by atoms with Crippen LogP contribution >= 0.6 is 15.9 Å². The molecule has 6 nitrogen and oxygen atoms in total. The van der Waals surface area contributed by atoms with Gasteiger partial charge in [-0.3, -0.25) is 0 Å². The van der Waals surface area contributed by atoms with E-state index in [4.69, 9.17) is 4.74 Å². The third-order valence-electron chi connectivity index (χ3n) is 2.90. The molecule has 0 aromatic carbocycles. The van der Waals surface area contributed by atoms with Gasteiger partial charge in [0.1, 0.15) is 5.60 Å². The lowest BCUT2D eigenvalue weighted by Crippen LogP contribution is -2.46. The molecule has 1 N–H and O–H groups in total. The van der Waals surface area contributed by atoms with E-state index in [0.29, 0.717) is 11.4 Å². The summed E-state index contributed by atoms with van der Waals surface area (Å²) in [6.45, 7) is 5.56. The maximum absolute atomic E-state index is 11.6. The Morgan fingerprint density at radius 2 is 2.26 bits per heavy atom. The van der Waals surface area contributed by atoms with E-state index in [1.54, 1.807) is 0 Å². The van der Waals surface area contributed by atoms with Crippen molar-refractivity contribution >= 4 is 22.0 Å². The monoisotopic (exact) mass is 330 g/mol. The molecule has 1 aromatic rings. The number of ether oxygens (including phenoxy) is 1. The van der Waals surface area contributed by atoms with Gasteiger partial charge in [-0.1, -0.05) is 21.1 Å². The Balaban J connectivity index is 1.76. The molecule has 0 bridgehead atoms.